The second kappa shape index (κ2) is 15.8. The van der Waals surface area contributed by atoms with Crippen LogP contribution in [0.3, 0.4) is 0 Å². The first kappa shape index (κ1) is 39.6. The maximum Gasteiger partial charge on any atom is 0.475 e. The number of hydrogen-bond acceptors (Lipinski definition) is 12. The van der Waals surface area contributed by atoms with Crippen molar-refractivity contribution in [3.63, 3.8) is 0 Å². The summed E-state index contributed by atoms with van der Waals surface area (Å²) in [6.45, 7) is 18.7. The number of alkyl carbamates (subject to hydrolysis) is 1. The SMILES string of the molecule is CC(C)Nc1ccc(-c2nnc(-c3cc(F)c(OCC(COP(=O)(OC(C)(C)C)OC(C)(C)C)NC(=O)OC(C)(C)C)cc3Cl)s2)cn1. The molecule has 2 N–H and O–H groups in total. The lowest BCUT2D eigenvalue weighted by Crippen LogP contribution is -2.44. The topological polar surface area (TPSA) is 143 Å². The van der Waals surface area contributed by atoms with E-state index in [2.05, 4.69) is 25.8 Å². The number of carbonyl (C=O) groups is 1. The van der Waals surface area contributed by atoms with E-state index in [1.165, 1.54) is 23.5 Å². The van der Waals surface area contributed by atoms with Crippen molar-refractivity contribution in [2.75, 3.05) is 18.5 Å². The zero-order valence-electron chi connectivity index (χ0n) is 29.3. The van der Waals surface area contributed by atoms with Crippen LogP contribution in [0.4, 0.5) is 15.0 Å². The number of aromatic nitrogens is 3. The van der Waals surface area contributed by atoms with E-state index in [9.17, 15) is 9.36 Å². The van der Waals surface area contributed by atoms with Gasteiger partial charge in [0.15, 0.2) is 11.6 Å². The fraction of sp³-hybridized carbons (Fsp3) is 0.562. The number of ether oxygens (including phenoxy) is 2. The zero-order valence-corrected chi connectivity index (χ0v) is 31.7. The maximum atomic E-state index is 15.4. The largest absolute Gasteiger partial charge is 0.488 e. The second-order valence-electron chi connectivity index (χ2n) is 14.2. The summed E-state index contributed by atoms with van der Waals surface area (Å²) in [6.07, 6.45) is 0.896. The molecule has 0 bridgehead atoms. The van der Waals surface area contributed by atoms with E-state index in [0.717, 1.165) is 11.4 Å². The average molecular weight is 730 g/mol. The number of nitrogens with zero attached hydrogens (tertiary/aromatic N) is 3. The van der Waals surface area contributed by atoms with Gasteiger partial charge in [-0.25, -0.2) is 18.7 Å². The van der Waals surface area contributed by atoms with Crippen molar-refractivity contribution in [2.24, 2.45) is 0 Å². The monoisotopic (exact) mass is 729 g/mol. The Morgan fingerprint density at radius 2 is 1.58 bits per heavy atom. The van der Waals surface area contributed by atoms with Crippen LogP contribution in [0, 0.1) is 5.82 Å². The van der Waals surface area contributed by atoms with Gasteiger partial charge in [-0.15, -0.1) is 10.2 Å². The van der Waals surface area contributed by atoms with Crippen LogP contribution in [0.2, 0.25) is 5.02 Å². The summed E-state index contributed by atoms with van der Waals surface area (Å²) >= 11 is 7.79. The van der Waals surface area contributed by atoms with Gasteiger partial charge in [0.1, 0.15) is 28.0 Å². The Hall–Kier alpha value is -2.87. The number of carbonyl (C=O) groups excluding carboxylic acids is 1. The first-order valence-electron chi connectivity index (χ1n) is 15.4. The Balaban J connectivity index is 1.79. The predicted molar refractivity (Wildman–Crippen MR) is 186 cm³/mol. The summed E-state index contributed by atoms with van der Waals surface area (Å²) in [6, 6.07) is 5.49. The third-order valence-electron chi connectivity index (χ3n) is 5.49. The fourth-order valence-electron chi connectivity index (χ4n) is 3.87. The van der Waals surface area contributed by atoms with Crippen LogP contribution in [-0.4, -0.2) is 63.4 Å². The fourth-order valence-corrected chi connectivity index (χ4v) is 6.88. The van der Waals surface area contributed by atoms with E-state index in [1.807, 2.05) is 26.0 Å². The highest BCUT2D eigenvalue weighted by molar-refractivity contribution is 7.48. The summed E-state index contributed by atoms with van der Waals surface area (Å²) in [7, 11) is -4.14. The number of pyridine rings is 1. The van der Waals surface area contributed by atoms with Gasteiger partial charge in [-0.3, -0.25) is 13.6 Å². The number of anilines is 1. The summed E-state index contributed by atoms with van der Waals surface area (Å²) in [5, 5.41) is 15.4. The molecule has 3 aromatic rings. The van der Waals surface area contributed by atoms with E-state index < -0.39 is 42.6 Å². The minimum Gasteiger partial charge on any atom is -0.488 e. The smallest absolute Gasteiger partial charge is 0.475 e. The van der Waals surface area contributed by atoms with Gasteiger partial charge in [-0.1, -0.05) is 22.9 Å². The Kier molecular flexibility index (Phi) is 13.0. The molecule has 0 aliphatic heterocycles. The highest BCUT2D eigenvalue weighted by atomic mass is 35.5. The minimum absolute atomic E-state index is 0.165. The number of nitrogens with one attached hydrogen (secondary N) is 2. The molecule has 1 amide bonds. The minimum atomic E-state index is -4.14. The van der Waals surface area contributed by atoms with Crippen molar-refractivity contribution >= 4 is 42.7 Å². The van der Waals surface area contributed by atoms with Gasteiger partial charge in [0, 0.05) is 29.4 Å². The molecule has 12 nitrogen and oxygen atoms in total. The van der Waals surface area contributed by atoms with Gasteiger partial charge in [0.25, 0.3) is 0 Å². The summed E-state index contributed by atoms with van der Waals surface area (Å²) < 4.78 is 57.2. The quantitative estimate of drug-likeness (QED) is 0.163. The molecule has 2 heterocycles. The average Bonchev–Trinajstić information content (AvgIpc) is 3.38. The van der Waals surface area contributed by atoms with Crippen LogP contribution < -0.4 is 15.4 Å². The molecule has 0 radical (unpaired) electrons. The summed E-state index contributed by atoms with van der Waals surface area (Å²) in [5.41, 5.74) is -1.50. The van der Waals surface area contributed by atoms with Crippen molar-refractivity contribution in [1.82, 2.24) is 20.5 Å². The van der Waals surface area contributed by atoms with E-state index in [-0.39, 0.29) is 30.0 Å². The van der Waals surface area contributed by atoms with Crippen molar-refractivity contribution in [3.8, 4) is 26.9 Å². The Labute approximate surface area is 291 Å². The van der Waals surface area contributed by atoms with E-state index >= 15 is 4.39 Å². The van der Waals surface area contributed by atoms with E-state index in [0.29, 0.717) is 15.6 Å². The standard InChI is InChI=1S/C32H46ClFN5O7PS/c1-19(2)36-26-13-12-20(16-35-26)27-38-39-28(48-27)22-14-24(34)25(15-23(22)33)42-17-21(37-29(40)44-30(3,4)5)18-43-47(41,45-31(6,7)8)46-32(9,10)11/h12-16,19,21H,17-18H2,1-11H3,(H,35,36)(H,37,40). The first-order valence-corrected chi connectivity index (χ1v) is 18.0. The van der Waals surface area contributed by atoms with Crippen LogP contribution in [0.25, 0.3) is 21.1 Å². The molecule has 0 aliphatic carbocycles. The number of phosphoric acid groups is 1. The lowest BCUT2D eigenvalue weighted by atomic mass is 10.2. The molecule has 16 heteroatoms. The molecule has 0 aliphatic rings. The van der Waals surface area contributed by atoms with E-state index in [1.54, 1.807) is 68.5 Å². The van der Waals surface area contributed by atoms with Crippen molar-refractivity contribution < 1.29 is 36.8 Å². The zero-order chi connectivity index (χ0) is 36.1. The molecule has 1 unspecified atom stereocenters. The normalized spacial score (nSPS) is 13.4. The number of amides is 1. The van der Waals surface area contributed by atoms with Gasteiger partial charge in [0.2, 0.25) is 0 Å². The molecular weight excluding hydrogens is 684 g/mol. The number of halogens is 2. The number of benzene rings is 1. The Morgan fingerprint density at radius 1 is 0.958 bits per heavy atom. The molecule has 1 atom stereocenters. The molecular formula is C32H46ClFN5O7PS. The van der Waals surface area contributed by atoms with Gasteiger partial charge in [0.05, 0.1) is 28.9 Å². The summed E-state index contributed by atoms with van der Waals surface area (Å²) in [5.74, 6) is -0.187. The molecule has 266 valence electrons. The molecule has 0 spiro atoms. The molecule has 3 rings (SSSR count). The molecule has 48 heavy (non-hydrogen) atoms. The van der Waals surface area contributed by atoms with Gasteiger partial charge in [-0.05, 0) is 94.4 Å². The maximum absolute atomic E-state index is 15.4. The van der Waals surface area contributed by atoms with Crippen LogP contribution in [0.5, 0.6) is 5.75 Å². The predicted octanol–water partition coefficient (Wildman–Crippen LogP) is 8.91. The van der Waals surface area contributed by atoms with Crippen LogP contribution in [-0.2, 0) is 22.9 Å². The lowest BCUT2D eigenvalue weighted by molar-refractivity contribution is -0.00235. The molecule has 0 saturated heterocycles. The third kappa shape index (κ3) is 13.2. The summed E-state index contributed by atoms with van der Waals surface area (Å²) in [4.78, 5) is 17.1. The van der Waals surface area contributed by atoms with Gasteiger partial charge in [-0.2, -0.15) is 0 Å². The Bertz CT molecular complexity index is 1570. The van der Waals surface area contributed by atoms with E-state index in [4.69, 9.17) is 34.6 Å². The van der Waals surface area contributed by atoms with Crippen molar-refractivity contribution in [1.29, 1.82) is 0 Å². The number of hydrogen-bond donors (Lipinski definition) is 2. The number of rotatable bonds is 13. The third-order valence-corrected chi connectivity index (χ3v) is 8.82. The molecule has 0 saturated carbocycles. The second-order valence-corrected chi connectivity index (χ2v) is 17.1. The molecule has 0 fully saturated rings. The molecule has 2 aromatic heterocycles. The van der Waals surface area contributed by atoms with Crippen molar-refractivity contribution in [2.45, 2.75) is 105 Å². The lowest BCUT2D eigenvalue weighted by Gasteiger charge is -2.32. The van der Waals surface area contributed by atoms with Gasteiger partial charge < -0.3 is 20.1 Å². The highest BCUT2D eigenvalue weighted by Crippen LogP contribution is 2.55. The highest BCUT2D eigenvalue weighted by Gasteiger charge is 2.38. The van der Waals surface area contributed by atoms with Gasteiger partial charge >= 0.3 is 13.9 Å². The number of phosphoric ester groups is 1. The van der Waals surface area contributed by atoms with Crippen molar-refractivity contribution in [3.05, 3.63) is 41.3 Å². The van der Waals surface area contributed by atoms with Crippen LogP contribution >= 0.6 is 30.8 Å². The molecule has 1 aromatic carbocycles. The van der Waals surface area contributed by atoms with Crippen LogP contribution in [0.1, 0.15) is 76.2 Å². The Morgan fingerprint density at radius 3 is 2.12 bits per heavy atom. The first-order chi connectivity index (χ1) is 22.0. The van der Waals surface area contributed by atoms with Crippen LogP contribution in [0.15, 0.2) is 30.5 Å².